The van der Waals surface area contributed by atoms with Crippen molar-refractivity contribution in [1.82, 2.24) is 16.0 Å². The van der Waals surface area contributed by atoms with E-state index in [1.165, 1.54) is 0 Å². The first-order valence-electron chi connectivity index (χ1n) is 10.7. The number of hydrogen-bond donors (Lipinski definition) is 4. The van der Waals surface area contributed by atoms with Crippen LogP contribution in [0.2, 0.25) is 0 Å². The largest absolute Gasteiger partial charge is 0.378 e. The molecule has 1 aromatic rings. The first kappa shape index (κ1) is 24.8. The maximum absolute atomic E-state index is 11.8. The summed E-state index contributed by atoms with van der Waals surface area (Å²) in [5, 5.41) is 12.3. The van der Waals surface area contributed by atoms with Crippen molar-refractivity contribution in [3.05, 3.63) is 29.8 Å². The van der Waals surface area contributed by atoms with Crippen LogP contribution in [0.4, 0.5) is 10.5 Å². The van der Waals surface area contributed by atoms with Crippen LogP contribution >= 0.6 is 0 Å². The molecule has 7 heteroatoms. The van der Waals surface area contributed by atoms with E-state index in [9.17, 15) is 4.79 Å². The summed E-state index contributed by atoms with van der Waals surface area (Å²) < 4.78 is 5.80. The standard InChI is InChI=1S/C22H39N5O2/c1-7-23-21(24-14-13-20(16(3)4)29-8-2)25-15-18-9-11-19(12-10-18)27-22(28)26-17(5)6/h9-12,16-17,20H,7-8,13-15H2,1-6H3,(H2,23,24,25)(H2,26,27,28). The van der Waals surface area contributed by atoms with Crippen LogP contribution in [-0.2, 0) is 11.3 Å². The second-order valence-corrected chi connectivity index (χ2v) is 7.60. The Morgan fingerprint density at radius 3 is 2.31 bits per heavy atom. The van der Waals surface area contributed by atoms with Crippen LogP contribution in [0, 0.1) is 5.92 Å². The van der Waals surface area contributed by atoms with Crippen LogP contribution in [0.5, 0.6) is 0 Å². The van der Waals surface area contributed by atoms with Crippen LogP contribution < -0.4 is 21.3 Å². The van der Waals surface area contributed by atoms with Crippen molar-refractivity contribution in [1.29, 1.82) is 0 Å². The van der Waals surface area contributed by atoms with E-state index >= 15 is 0 Å². The first-order valence-corrected chi connectivity index (χ1v) is 10.7. The predicted octanol–water partition coefficient (Wildman–Crippen LogP) is 3.72. The maximum Gasteiger partial charge on any atom is 0.319 e. The highest BCUT2D eigenvalue weighted by molar-refractivity contribution is 5.89. The molecule has 1 aromatic carbocycles. The number of nitrogens with zero attached hydrogens (tertiary/aromatic N) is 1. The zero-order valence-corrected chi connectivity index (χ0v) is 18.8. The third-order valence-electron chi connectivity index (χ3n) is 4.24. The maximum atomic E-state index is 11.8. The minimum atomic E-state index is -0.198. The van der Waals surface area contributed by atoms with Gasteiger partial charge in [-0.3, -0.25) is 0 Å². The summed E-state index contributed by atoms with van der Waals surface area (Å²) in [6, 6.07) is 7.63. The lowest BCUT2D eigenvalue weighted by molar-refractivity contribution is 0.0258. The van der Waals surface area contributed by atoms with Gasteiger partial charge in [0.25, 0.3) is 0 Å². The second-order valence-electron chi connectivity index (χ2n) is 7.60. The Labute approximate surface area is 176 Å². The van der Waals surface area contributed by atoms with E-state index in [4.69, 9.17) is 4.74 Å². The molecule has 2 amide bonds. The number of urea groups is 1. The van der Waals surface area contributed by atoms with Gasteiger partial charge >= 0.3 is 6.03 Å². The molecule has 7 nitrogen and oxygen atoms in total. The summed E-state index contributed by atoms with van der Waals surface area (Å²) in [5.41, 5.74) is 1.84. The lowest BCUT2D eigenvalue weighted by Gasteiger charge is -2.21. The fourth-order valence-corrected chi connectivity index (χ4v) is 2.79. The van der Waals surface area contributed by atoms with Gasteiger partial charge in [-0.05, 0) is 57.7 Å². The molecule has 0 aliphatic carbocycles. The van der Waals surface area contributed by atoms with Crippen molar-refractivity contribution in [2.45, 2.75) is 66.7 Å². The van der Waals surface area contributed by atoms with E-state index in [1.807, 2.05) is 45.0 Å². The number of hydrogen-bond acceptors (Lipinski definition) is 3. The molecular weight excluding hydrogens is 366 g/mol. The Hall–Kier alpha value is -2.28. The quantitative estimate of drug-likeness (QED) is 0.334. The van der Waals surface area contributed by atoms with Crippen LogP contribution in [0.25, 0.3) is 0 Å². The molecule has 0 saturated carbocycles. The third kappa shape index (κ3) is 10.7. The van der Waals surface area contributed by atoms with Gasteiger partial charge in [0, 0.05) is 31.4 Å². The summed E-state index contributed by atoms with van der Waals surface area (Å²) in [4.78, 5) is 16.4. The van der Waals surface area contributed by atoms with Crippen LogP contribution in [0.1, 0.15) is 53.5 Å². The Bertz CT molecular complexity index is 614. The van der Waals surface area contributed by atoms with Crippen molar-refractivity contribution in [2.24, 2.45) is 10.9 Å². The Balaban J connectivity index is 2.56. The summed E-state index contributed by atoms with van der Waals surface area (Å²) in [6.45, 7) is 15.2. The van der Waals surface area contributed by atoms with E-state index in [0.29, 0.717) is 12.5 Å². The molecule has 0 saturated heterocycles. The number of anilines is 1. The first-order chi connectivity index (χ1) is 13.8. The smallest absolute Gasteiger partial charge is 0.319 e. The van der Waals surface area contributed by atoms with Crippen molar-refractivity contribution in [3.8, 4) is 0 Å². The number of rotatable bonds is 11. The van der Waals surface area contributed by atoms with Crippen LogP contribution in [0.3, 0.4) is 0 Å². The molecule has 1 atom stereocenters. The molecule has 0 aromatic heterocycles. The zero-order chi connectivity index (χ0) is 21.6. The SMILES string of the molecule is CCNC(=NCc1ccc(NC(=O)NC(C)C)cc1)NCCC(OCC)C(C)C. The zero-order valence-electron chi connectivity index (χ0n) is 18.8. The highest BCUT2D eigenvalue weighted by Gasteiger charge is 2.13. The monoisotopic (exact) mass is 405 g/mol. The van der Waals surface area contributed by atoms with Crippen molar-refractivity contribution in [3.63, 3.8) is 0 Å². The van der Waals surface area contributed by atoms with Crippen molar-refractivity contribution < 1.29 is 9.53 Å². The van der Waals surface area contributed by atoms with Crippen molar-refractivity contribution in [2.75, 3.05) is 25.0 Å². The Morgan fingerprint density at radius 1 is 1.07 bits per heavy atom. The van der Waals surface area contributed by atoms with E-state index in [1.54, 1.807) is 0 Å². The topological polar surface area (TPSA) is 86.8 Å². The molecule has 0 spiro atoms. The van der Waals surface area contributed by atoms with Gasteiger partial charge in [-0.1, -0.05) is 26.0 Å². The highest BCUT2D eigenvalue weighted by Crippen LogP contribution is 2.11. The normalized spacial score (nSPS) is 12.8. The van der Waals surface area contributed by atoms with Gasteiger partial charge in [0.05, 0.1) is 12.6 Å². The lowest BCUT2D eigenvalue weighted by atomic mass is 10.0. The molecule has 0 radical (unpaired) electrons. The molecular formula is C22H39N5O2. The second kappa shape index (κ2) is 13.8. The van der Waals surface area contributed by atoms with Crippen LogP contribution in [0.15, 0.2) is 29.3 Å². The molecule has 1 rings (SSSR count). The van der Waals surface area contributed by atoms with Crippen LogP contribution in [-0.4, -0.2) is 43.8 Å². The minimum Gasteiger partial charge on any atom is -0.378 e. The van der Waals surface area contributed by atoms with Gasteiger partial charge in [0.1, 0.15) is 0 Å². The van der Waals surface area contributed by atoms with Gasteiger partial charge < -0.3 is 26.0 Å². The van der Waals surface area contributed by atoms with Crippen molar-refractivity contribution >= 4 is 17.7 Å². The summed E-state index contributed by atoms with van der Waals surface area (Å²) in [5.74, 6) is 1.29. The summed E-state index contributed by atoms with van der Waals surface area (Å²) in [6.07, 6.45) is 1.19. The molecule has 1 unspecified atom stereocenters. The van der Waals surface area contributed by atoms with Gasteiger partial charge in [-0.15, -0.1) is 0 Å². The molecule has 164 valence electrons. The number of carbonyl (C=O) groups excluding carboxylic acids is 1. The number of aliphatic imine (C=N–C) groups is 1. The molecule has 0 fully saturated rings. The minimum absolute atomic E-state index is 0.102. The number of guanidine groups is 1. The number of benzene rings is 1. The Morgan fingerprint density at radius 2 is 1.76 bits per heavy atom. The molecule has 0 aliphatic rings. The molecule has 0 aliphatic heterocycles. The predicted molar refractivity (Wildman–Crippen MR) is 121 cm³/mol. The number of amides is 2. The fraction of sp³-hybridized carbons (Fsp3) is 0.636. The van der Waals surface area contributed by atoms with E-state index < -0.39 is 0 Å². The van der Waals surface area contributed by atoms with E-state index in [-0.39, 0.29) is 18.2 Å². The number of ether oxygens (including phenoxy) is 1. The highest BCUT2D eigenvalue weighted by atomic mass is 16.5. The lowest BCUT2D eigenvalue weighted by Crippen LogP contribution is -2.39. The molecule has 29 heavy (non-hydrogen) atoms. The third-order valence-corrected chi connectivity index (χ3v) is 4.24. The van der Waals surface area contributed by atoms with Gasteiger partial charge in [-0.2, -0.15) is 0 Å². The van der Waals surface area contributed by atoms with Gasteiger partial charge in [-0.25, -0.2) is 9.79 Å². The fourth-order valence-electron chi connectivity index (χ4n) is 2.79. The summed E-state index contributed by atoms with van der Waals surface area (Å²) >= 11 is 0. The molecule has 0 heterocycles. The van der Waals surface area contributed by atoms with Gasteiger partial charge in [0.2, 0.25) is 0 Å². The molecule has 4 N–H and O–H groups in total. The van der Waals surface area contributed by atoms with Gasteiger partial charge in [0.15, 0.2) is 5.96 Å². The average molecular weight is 406 g/mol. The van der Waals surface area contributed by atoms with E-state index in [2.05, 4.69) is 47.0 Å². The average Bonchev–Trinajstić information content (AvgIpc) is 2.65. The number of nitrogens with one attached hydrogen (secondary N) is 4. The number of carbonyl (C=O) groups is 1. The molecule has 0 bridgehead atoms. The Kier molecular flexibility index (Phi) is 11.8. The van der Waals surface area contributed by atoms with E-state index in [0.717, 1.165) is 43.3 Å². The summed E-state index contributed by atoms with van der Waals surface area (Å²) in [7, 11) is 0.